The van der Waals surface area contributed by atoms with Gasteiger partial charge >= 0.3 is 0 Å². The van der Waals surface area contributed by atoms with Gasteiger partial charge < -0.3 is 19.5 Å². The molecule has 8 heteroatoms. The average molecular weight is 482 g/mol. The molecule has 1 aliphatic rings. The van der Waals surface area contributed by atoms with E-state index >= 15 is 0 Å². The van der Waals surface area contributed by atoms with Crippen molar-refractivity contribution in [2.24, 2.45) is 0 Å². The highest BCUT2D eigenvalue weighted by molar-refractivity contribution is 5.78. The standard InChI is InChI=1S/C28H27N5O3/c1-20(34)28-30-13-15-33(28)18-25-16-26(36-31-25)24-10-8-22(9-11-24)3-2-21-4-6-23(7-5-21)17-32-14-12-29-27(35)19-32/h4-11,13,15-16,20,34H,12,14,17-19H2,1H3,(H,29,35). The van der Waals surface area contributed by atoms with Gasteiger partial charge in [0.25, 0.3) is 0 Å². The Morgan fingerprint density at radius 2 is 1.81 bits per heavy atom. The van der Waals surface area contributed by atoms with Crippen molar-refractivity contribution in [1.29, 1.82) is 0 Å². The van der Waals surface area contributed by atoms with Crippen molar-refractivity contribution >= 4 is 5.91 Å². The lowest BCUT2D eigenvalue weighted by Crippen LogP contribution is -2.47. The lowest BCUT2D eigenvalue weighted by atomic mass is 10.1. The molecule has 5 rings (SSSR count). The second-order valence-electron chi connectivity index (χ2n) is 8.86. The number of piperazine rings is 1. The zero-order valence-corrected chi connectivity index (χ0v) is 20.0. The van der Waals surface area contributed by atoms with E-state index in [2.05, 4.69) is 44.3 Å². The molecular weight excluding hydrogens is 454 g/mol. The van der Waals surface area contributed by atoms with Crippen LogP contribution < -0.4 is 5.32 Å². The number of aliphatic hydroxyl groups is 1. The van der Waals surface area contributed by atoms with Crippen LogP contribution in [-0.4, -0.2) is 50.3 Å². The fraction of sp³-hybridized carbons (Fsp3) is 0.250. The zero-order valence-electron chi connectivity index (χ0n) is 20.0. The molecule has 3 heterocycles. The summed E-state index contributed by atoms with van der Waals surface area (Å²) >= 11 is 0. The Hall–Kier alpha value is -4.19. The average Bonchev–Trinajstić information content (AvgIpc) is 3.54. The van der Waals surface area contributed by atoms with E-state index in [9.17, 15) is 9.90 Å². The van der Waals surface area contributed by atoms with E-state index in [1.807, 2.05) is 53.2 Å². The molecule has 1 amide bonds. The van der Waals surface area contributed by atoms with Crippen LogP contribution in [0.2, 0.25) is 0 Å². The quantitative estimate of drug-likeness (QED) is 0.411. The number of nitrogens with one attached hydrogen (secondary N) is 1. The second kappa shape index (κ2) is 10.6. The van der Waals surface area contributed by atoms with Crippen molar-refractivity contribution in [2.75, 3.05) is 19.6 Å². The van der Waals surface area contributed by atoms with E-state index in [0.29, 0.717) is 31.2 Å². The molecule has 182 valence electrons. The lowest BCUT2D eigenvalue weighted by Gasteiger charge is -2.26. The van der Waals surface area contributed by atoms with Crippen LogP contribution in [0.15, 0.2) is 71.5 Å². The van der Waals surface area contributed by atoms with Crippen molar-refractivity contribution < 1.29 is 14.4 Å². The van der Waals surface area contributed by atoms with E-state index in [-0.39, 0.29) is 5.91 Å². The lowest BCUT2D eigenvalue weighted by molar-refractivity contribution is -0.124. The van der Waals surface area contributed by atoms with E-state index in [1.54, 1.807) is 13.1 Å². The van der Waals surface area contributed by atoms with E-state index < -0.39 is 6.10 Å². The molecule has 0 saturated carbocycles. The fourth-order valence-electron chi connectivity index (χ4n) is 4.16. The first-order valence-electron chi connectivity index (χ1n) is 11.9. The van der Waals surface area contributed by atoms with Crippen LogP contribution in [0.1, 0.15) is 41.2 Å². The first-order chi connectivity index (χ1) is 17.5. The number of rotatable bonds is 6. The number of imidazole rings is 1. The van der Waals surface area contributed by atoms with Crippen LogP contribution in [0.5, 0.6) is 0 Å². The van der Waals surface area contributed by atoms with Crippen molar-refractivity contribution in [3.63, 3.8) is 0 Å². The van der Waals surface area contributed by atoms with Gasteiger partial charge in [0.05, 0.1) is 13.1 Å². The normalized spacial score (nSPS) is 14.7. The molecule has 0 spiro atoms. The summed E-state index contributed by atoms with van der Waals surface area (Å²) in [5, 5.41) is 16.8. The molecule has 2 aromatic heterocycles. The highest BCUT2D eigenvalue weighted by Crippen LogP contribution is 2.22. The van der Waals surface area contributed by atoms with Crippen LogP contribution in [0.25, 0.3) is 11.3 Å². The first-order valence-corrected chi connectivity index (χ1v) is 11.9. The Labute approximate surface area is 209 Å². The van der Waals surface area contributed by atoms with Crippen molar-refractivity contribution in [2.45, 2.75) is 26.1 Å². The second-order valence-corrected chi connectivity index (χ2v) is 8.86. The predicted molar refractivity (Wildman–Crippen MR) is 135 cm³/mol. The van der Waals surface area contributed by atoms with Crippen LogP contribution in [0, 0.1) is 11.8 Å². The number of aromatic nitrogens is 3. The number of benzene rings is 2. The predicted octanol–water partition coefficient (Wildman–Crippen LogP) is 2.97. The maximum atomic E-state index is 11.5. The molecule has 4 aromatic rings. The van der Waals surface area contributed by atoms with Gasteiger partial charge in [-0.15, -0.1) is 0 Å². The number of nitrogens with zero attached hydrogens (tertiary/aromatic N) is 4. The van der Waals surface area contributed by atoms with Crippen LogP contribution >= 0.6 is 0 Å². The number of amides is 1. The third kappa shape index (κ3) is 5.71. The van der Waals surface area contributed by atoms with Gasteiger partial charge in [-0.2, -0.15) is 0 Å². The molecular formula is C28H27N5O3. The Bertz CT molecular complexity index is 1390. The summed E-state index contributed by atoms with van der Waals surface area (Å²) in [6.45, 7) is 4.93. The van der Waals surface area contributed by atoms with Gasteiger partial charge in [0, 0.05) is 54.8 Å². The van der Waals surface area contributed by atoms with Crippen LogP contribution in [0.4, 0.5) is 0 Å². The highest BCUT2D eigenvalue weighted by Gasteiger charge is 2.16. The Morgan fingerprint density at radius 3 is 2.50 bits per heavy atom. The molecule has 2 N–H and O–H groups in total. The third-order valence-corrected chi connectivity index (χ3v) is 6.01. The molecule has 1 fully saturated rings. The van der Waals surface area contributed by atoms with E-state index in [1.165, 1.54) is 5.56 Å². The Kier molecular flexibility index (Phi) is 6.94. The summed E-state index contributed by atoms with van der Waals surface area (Å²) in [5.74, 6) is 7.76. The summed E-state index contributed by atoms with van der Waals surface area (Å²) < 4.78 is 7.38. The number of hydrogen-bond acceptors (Lipinski definition) is 6. The molecule has 36 heavy (non-hydrogen) atoms. The monoisotopic (exact) mass is 481 g/mol. The summed E-state index contributed by atoms with van der Waals surface area (Å²) in [6.07, 6.45) is 2.82. The number of aliphatic hydroxyl groups excluding tert-OH is 1. The molecule has 1 aliphatic heterocycles. The summed E-state index contributed by atoms with van der Waals surface area (Å²) in [5.41, 5.74) is 4.68. The largest absolute Gasteiger partial charge is 0.385 e. The van der Waals surface area contributed by atoms with Gasteiger partial charge in [-0.3, -0.25) is 9.69 Å². The minimum Gasteiger partial charge on any atom is -0.385 e. The molecule has 0 bridgehead atoms. The first kappa shape index (κ1) is 23.5. The maximum Gasteiger partial charge on any atom is 0.234 e. The molecule has 1 atom stereocenters. The maximum absolute atomic E-state index is 11.5. The van der Waals surface area contributed by atoms with E-state index in [4.69, 9.17) is 4.52 Å². The number of hydrogen-bond donors (Lipinski definition) is 2. The molecule has 8 nitrogen and oxygen atoms in total. The van der Waals surface area contributed by atoms with Gasteiger partial charge in [0.1, 0.15) is 17.6 Å². The van der Waals surface area contributed by atoms with Gasteiger partial charge in [0.2, 0.25) is 5.91 Å². The topological polar surface area (TPSA) is 96.4 Å². The van der Waals surface area contributed by atoms with Crippen molar-refractivity contribution in [3.05, 3.63) is 95.2 Å². The fourth-order valence-corrected chi connectivity index (χ4v) is 4.16. The third-order valence-electron chi connectivity index (χ3n) is 6.01. The molecule has 2 aromatic carbocycles. The number of carbonyl (C=O) groups excluding carboxylic acids is 1. The highest BCUT2D eigenvalue weighted by atomic mass is 16.5. The Morgan fingerprint density at radius 1 is 1.08 bits per heavy atom. The van der Waals surface area contributed by atoms with Gasteiger partial charge in [0.15, 0.2) is 5.76 Å². The molecule has 1 saturated heterocycles. The van der Waals surface area contributed by atoms with Crippen LogP contribution in [-0.2, 0) is 17.9 Å². The van der Waals surface area contributed by atoms with Gasteiger partial charge in [-0.25, -0.2) is 4.98 Å². The minimum atomic E-state index is -0.651. The summed E-state index contributed by atoms with van der Waals surface area (Å²) in [6, 6.07) is 17.9. The molecule has 1 unspecified atom stereocenters. The molecule has 0 radical (unpaired) electrons. The van der Waals surface area contributed by atoms with Gasteiger partial charge in [-0.1, -0.05) is 29.1 Å². The van der Waals surface area contributed by atoms with Gasteiger partial charge in [-0.05, 0) is 48.9 Å². The summed E-state index contributed by atoms with van der Waals surface area (Å²) in [4.78, 5) is 17.9. The van der Waals surface area contributed by atoms with Crippen molar-refractivity contribution in [3.8, 4) is 23.2 Å². The smallest absolute Gasteiger partial charge is 0.234 e. The van der Waals surface area contributed by atoms with E-state index in [0.717, 1.165) is 35.5 Å². The SMILES string of the molecule is CC(O)c1nccn1Cc1cc(-c2ccc(C#Cc3ccc(CN4CCNC(=O)C4)cc3)cc2)on1. The summed E-state index contributed by atoms with van der Waals surface area (Å²) in [7, 11) is 0. The number of carbonyl (C=O) groups is 1. The van der Waals surface area contributed by atoms with Crippen LogP contribution in [0.3, 0.4) is 0 Å². The molecule has 0 aliphatic carbocycles. The Balaban J connectivity index is 1.20. The van der Waals surface area contributed by atoms with Crippen molar-refractivity contribution in [1.82, 2.24) is 24.9 Å². The minimum absolute atomic E-state index is 0.0827. The zero-order chi connectivity index (χ0) is 24.9.